The van der Waals surface area contributed by atoms with Crippen molar-refractivity contribution in [1.29, 1.82) is 0 Å². The Morgan fingerprint density at radius 2 is 1.46 bits per heavy atom. The summed E-state index contributed by atoms with van der Waals surface area (Å²) in [5.41, 5.74) is -6.25. The molecule has 1 aromatic carbocycles. The van der Waals surface area contributed by atoms with E-state index in [9.17, 15) is 24.1 Å². The molecule has 0 atom stereocenters. The van der Waals surface area contributed by atoms with Gasteiger partial charge in [0.25, 0.3) is 16.3 Å². The van der Waals surface area contributed by atoms with Crippen LogP contribution in [-0.4, -0.2) is 0 Å². The van der Waals surface area contributed by atoms with E-state index in [-0.39, 0.29) is 12.4 Å². The number of benzene rings is 1. The van der Waals surface area contributed by atoms with E-state index in [4.69, 9.17) is 0 Å². The van der Waals surface area contributed by atoms with Crippen molar-refractivity contribution >= 4 is 18.1 Å². The van der Waals surface area contributed by atoms with Gasteiger partial charge in [-0.3, -0.25) is 19.2 Å². The molecule has 0 spiro atoms. The molecule has 7 heteroatoms. The average Bonchev–Trinajstić information content (AvgIpc) is 2.08. The first-order valence-corrected chi connectivity index (χ1v) is 2.80. The molecule has 0 heterocycles. The highest BCUT2D eigenvalue weighted by molar-refractivity contribution is 5.85. The maximum atomic E-state index is 10.6. The minimum absolute atomic E-state index is 0. The largest absolute Gasteiger partial charge is 0.285 e. The first-order valence-electron chi connectivity index (χ1n) is 2.80. The Bertz CT molecular complexity index is 527. The van der Waals surface area contributed by atoms with Gasteiger partial charge < -0.3 is 0 Å². The van der Waals surface area contributed by atoms with Crippen LogP contribution in [0.1, 0.15) is 0 Å². The third kappa shape index (κ3) is 1.73. The van der Waals surface area contributed by atoms with Crippen molar-refractivity contribution < 1.29 is 0 Å². The Hall–Kier alpha value is -1.69. The van der Waals surface area contributed by atoms with Crippen LogP contribution in [0, 0.1) is 4.91 Å². The van der Waals surface area contributed by atoms with Crippen LogP contribution < -0.4 is 21.7 Å². The average molecular weight is 204 g/mol. The normalized spacial score (nSPS) is 8.92. The lowest BCUT2D eigenvalue weighted by molar-refractivity contribution is 1.30. The van der Waals surface area contributed by atoms with Crippen LogP contribution in [0.2, 0.25) is 0 Å². The van der Waals surface area contributed by atoms with Gasteiger partial charge in [0.15, 0.2) is 5.69 Å². The first-order chi connectivity index (χ1) is 5.57. The zero-order valence-corrected chi connectivity index (χ0v) is 6.79. The summed E-state index contributed by atoms with van der Waals surface area (Å²) in [5.74, 6) is 0. The first kappa shape index (κ1) is 11.3. The second-order valence-corrected chi connectivity index (χ2v) is 1.97. The molecule has 6 nitrogen and oxygen atoms in total. The molecule has 0 amide bonds. The van der Waals surface area contributed by atoms with Crippen molar-refractivity contribution in [3.63, 3.8) is 0 Å². The summed E-state index contributed by atoms with van der Waals surface area (Å²) >= 11 is 0. The zero-order chi connectivity index (χ0) is 9.30. The van der Waals surface area contributed by atoms with Gasteiger partial charge in [-0.1, -0.05) is 0 Å². The summed E-state index contributed by atoms with van der Waals surface area (Å²) in [6, 6.07) is 0.457. The lowest BCUT2D eigenvalue weighted by atomic mass is 10.3. The number of nitrogens with zero attached hydrogens (tertiary/aromatic N) is 1. The molecular weight excluding hydrogens is 202 g/mol. The highest BCUT2D eigenvalue weighted by Gasteiger charge is 2.09. The van der Waals surface area contributed by atoms with E-state index >= 15 is 0 Å². The smallest absolute Gasteiger partial charge is 0.279 e. The Balaban J connectivity index is 0.00000144. The van der Waals surface area contributed by atoms with Crippen LogP contribution in [0.3, 0.4) is 0 Å². The Morgan fingerprint density at radius 1 is 0.923 bits per heavy atom. The molecule has 0 aromatic heterocycles. The monoisotopic (exact) mass is 203 g/mol. The van der Waals surface area contributed by atoms with Crippen molar-refractivity contribution in [1.82, 2.24) is 0 Å². The molecule has 1 aromatic rings. The zero-order valence-electron chi connectivity index (χ0n) is 5.97. The van der Waals surface area contributed by atoms with E-state index in [1.807, 2.05) is 0 Å². The van der Waals surface area contributed by atoms with Crippen LogP contribution >= 0.6 is 12.4 Å². The summed E-state index contributed by atoms with van der Waals surface area (Å²) < 4.78 is 0. The summed E-state index contributed by atoms with van der Waals surface area (Å²) in [7, 11) is 0. The van der Waals surface area contributed by atoms with Crippen LogP contribution in [0.5, 0.6) is 0 Å². The fraction of sp³-hybridized carbons (Fsp3) is 0. The Labute approximate surface area is 75.9 Å². The van der Waals surface area contributed by atoms with Gasteiger partial charge in [0.1, 0.15) is 0 Å². The molecule has 0 aliphatic heterocycles. The van der Waals surface area contributed by atoms with Crippen LogP contribution in [-0.2, 0) is 0 Å². The van der Waals surface area contributed by atoms with E-state index < -0.39 is 27.4 Å². The lowest BCUT2D eigenvalue weighted by Crippen LogP contribution is -2.45. The molecule has 0 aliphatic carbocycles. The predicted octanol–water partition coefficient (Wildman–Crippen LogP) is -1.18. The second kappa shape index (κ2) is 3.81. The van der Waals surface area contributed by atoms with Crippen molar-refractivity contribution in [2.75, 3.05) is 0 Å². The quantitative estimate of drug-likeness (QED) is 0.423. The maximum Gasteiger partial charge on any atom is 0.279 e. The predicted molar refractivity (Wildman–Crippen MR) is 46.6 cm³/mol. The molecule has 0 saturated heterocycles. The lowest BCUT2D eigenvalue weighted by Gasteiger charge is -1.79. The molecule has 13 heavy (non-hydrogen) atoms. The minimum Gasteiger partial charge on any atom is -0.285 e. The highest BCUT2D eigenvalue weighted by Crippen LogP contribution is 1.93. The van der Waals surface area contributed by atoms with Crippen molar-refractivity contribution in [3.8, 4) is 0 Å². The number of rotatable bonds is 1. The molecule has 1 rings (SSSR count). The Morgan fingerprint density at radius 3 is 1.92 bits per heavy atom. The fourth-order valence-corrected chi connectivity index (χ4v) is 0.654. The topological polar surface area (TPSA) is 97.7 Å². The molecule has 0 unspecified atom stereocenters. The van der Waals surface area contributed by atoms with Crippen LogP contribution in [0.4, 0.5) is 5.69 Å². The van der Waals surface area contributed by atoms with Crippen molar-refractivity contribution in [2.24, 2.45) is 5.18 Å². The van der Waals surface area contributed by atoms with E-state index in [1.165, 1.54) is 0 Å². The fourth-order valence-electron chi connectivity index (χ4n) is 0.654. The molecule has 0 N–H and O–H groups in total. The van der Waals surface area contributed by atoms with Crippen LogP contribution in [0.25, 0.3) is 0 Å². The number of hydrogen-bond donors (Lipinski definition) is 0. The van der Waals surface area contributed by atoms with Crippen molar-refractivity contribution in [3.05, 3.63) is 51.9 Å². The molecule has 0 fully saturated rings. The van der Waals surface area contributed by atoms with Gasteiger partial charge in [0.05, 0.1) is 0 Å². The molecule has 0 aliphatic rings. The van der Waals surface area contributed by atoms with Gasteiger partial charge in [-0.2, -0.15) is 0 Å². The minimum atomic E-state index is -1.50. The number of hydrogen-bond acceptors (Lipinski definition) is 6. The van der Waals surface area contributed by atoms with Gasteiger partial charge in [0.2, 0.25) is 5.43 Å². The van der Waals surface area contributed by atoms with E-state index in [1.54, 1.807) is 0 Å². The SMILES string of the molecule is Cl.O=Nc1cc(=O)c(=O)c(=O)c1=O. The van der Waals surface area contributed by atoms with Gasteiger partial charge in [-0.15, -0.1) is 17.3 Å². The molecule has 68 valence electrons. The second-order valence-electron chi connectivity index (χ2n) is 1.97. The summed E-state index contributed by atoms with van der Waals surface area (Å²) in [6.07, 6.45) is 0. The maximum absolute atomic E-state index is 10.6. The van der Waals surface area contributed by atoms with Gasteiger partial charge in [-0.05, 0) is 5.18 Å². The van der Waals surface area contributed by atoms with Crippen molar-refractivity contribution in [2.45, 2.75) is 0 Å². The summed E-state index contributed by atoms with van der Waals surface area (Å²) in [6.45, 7) is 0. The highest BCUT2D eigenvalue weighted by atomic mass is 35.5. The standard InChI is InChI=1S/C6HNO5.ClH/c8-3-1-2(7-12)4(9)6(11)5(3)10;/h1H;1H. The molecule has 0 saturated carbocycles. The van der Waals surface area contributed by atoms with Crippen LogP contribution in [0.15, 0.2) is 30.4 Å². The summed E-state index contributed by atoms with van der Waals surface area (Å²) in [4.78, 5) is 52.0. The molecular formula is C6H2ClNO5. The van der Waals surface area contributed by atoms with E-state index in [0.29, 0.717) is 6.07 Å². The van der Waals surface area contributed by atoms with E-state index in [2.05, 4.69) is 5.18 Å². The Kier molecular flexibility index (Phi) is 3.32. The van der Waals surface area contributed by atoms with Gasteiger partial charge in [-0.25, -0.2) is 0 Å². The van der Waals surface area contributed by atoms with Gasteiger partial charge >= 0.3 is 0 Å². The number of halogens is 1. The van der Waals surface area contributed by atoms with Gasteiger partial charge in [0, 0.05) is 6.07 Å². The summed E-state index contributed by atoms with van der Waals surface area (Å²) in [5, 5.41) is 2.13. The number of nitroso groups, excluding NO2 is 1. The molecule has 0 radical (unpaired) electrons. The third-order valence-electron chi connectivity index (χ3n) is 1.24. The third-order valence-corrected chi connectivity index (χ3v) is 1.24. The molecule has 0 bridgehead atoms. The van der Waals surface area contributed by atoms with E-state index in [0.717, 1.165) is 0 Å².